The summed E-state index contributed by atoms with van der Waals surface area (Å²) in [6.45, 7) is 1.60. The van der Waals surface area contributed by atoms with Gasteiger partial charge in [-0.05, 0) is 24.6 Å². The fraction of sp³-hybridized carbons (Fsp3) is 0.200. The van der Waals surface area contributed by atoms with Gasteiger partial charge in [-0.3, -0.25) is 0 Å². The van der Waals surface area contributed by atoms with Crippen LogP contribution in [0.4, 0.5) is 32.2 Å². The first-order chi connectivity index (χ1) is 12.3. The lowest BCUT2D eigenvalue weighted by Crippen LogP contribution is -2.13. The highest BCUT2D eigenvalue weighted by atomic mass is 35.5. The van der Waals surface area contributed by atoms with E-state index in [0.717, 1.165) is 4.68 Å². The maximum absolute atomic E-state index is 13.4. The Hall–Kier alpha value is -2.20. The van der Waals surface area contributed by atoms with E-state index in [2.05, 4.69) is 10.1 Å². The topological polar surface area (TPSA) is 56.7 Å². The molecule has 4 nitrogen and oxygen atoms in total. The summed E-state index contributed by atoms with van der Waals surface area (Å²) in [6.07, 6.45) is -10.2. The molecule has 1 aromatic carbocycles. The van der Waals surface area contributed by atoms with Crippen LogP contribution in [0.1, 0.15) is 16.8 Å². The summed E-state index contributed by atoms with van der Waals surface area (Å²) in [5.74, 6) is -0.590. The van der Waals surface area contributed by atoms with Gasteiger partial charge in [0.1, 0.15) is 17.2 Å². The molecule has 0 bridgehead atoms. The van der Waals surface area contributed by atoms with Gasteiger partial charge in [-0.1, -0.05) is 29.3 Å². The number of pyridine rings is 1. The van der Waals surface area contributed by atoms with Crippen molar-refractivity contribution in [3.05, 3.63) is 45.1 Å². The first kappa shape index (κ1) is 19.6. The molecule has 3 rings (SSSR count). The zero-order valence-corrected chi connectivity index (χ0v) is 14.7. The van der Waals surface area contributed by atoms with E-state index < -0.39 is 40.5 Å². The number of nitrogen functional groups attached to an aromatic ring is 1. The van der Waals surface area contributed by atoms with Crippen molar-refractivity contribution in [2.75, 3.05) is 5.73 Å². The van der Waals surface area contributed by atoms with Crippen molar-refractivity contribution in [1.82, 2.24) is 14.8 Å². The third-order valence-corrected chi connectivity index (χ3v) is 4.53. The number of nitrogens with two attached hydrogens (primary N) is 1. The van der Waals surface area contributed by atoms with E-state index in [0.29, 0.717) is 5.56 Å². The van der Waals surface area contributed by atoms with Crippen molar-refractivity contribution in [1.29, 1.82) is 0 Å². The van der Waals surface area contributed by atoms with Crippen LogP contribution in [0.5, 0.6) is 0 Å². The Morgan fingerprint density at radius 3 is 2.22 bits per heavy atom. The predicted octanol–water partition coefficient (Wildman–Crippen LogP) is 5.66. The van der Waals surface area contributed by atoms with Gasteiger partial charge < -0.3 is 5.73 Å². The summed E-state index contributed by atoms with van der Waals surface area (Å²) in [6, 6.07) is 2.85. The standard InChI is InChI=1S/C15H8Cl2F6N4/c1-5-2-3-7(16)11(10(5)17)27-12(24)9-6(14(18,19)20)4-8(15(21,22)23)25-13(9)26-27/h2-4H,24H2,1H3. The number of aromatic nitrogens is 3. The number of nitrogens with zero attached hydrogens (tertiary/aromatic N) is 3. The predicted molar refractivity (Wildman–Crippen MR) is 88.0 cm³/mol. The van der Waals surface area contributed by atoms with Crippen molar-refractivity contribution in [2.24, 2.45) is 0 Å². The lowest BCUT2D eigenvalue weighted by atomic mass is 10.1. The molecule has 0 saturated heterocycles. The molecule has 0 unspecified atom stereocenters. The van der Waals surface area contributed by atoms with E-state index >= 15 is 0 Å². The first-order valence-electron chi connectivity index (χ1n) is 7.11. The molecule has 0 aliphatic carbocycles. The fourth-order valence-corrected chi connectivity index (χ4v) is 3.02. The van der Waals surface area contributed by atoms with Crippen LogP contribution < -0.4 is 5.73 Å². The van der Waals surface area contributed by atoms with E-state index in [1.54, 1.807) is 13.0 Å². The summed E-state index contributed by atoms with van der Waals surface area (Å²) in [5.41, 5.74) is 2.05. The van der Waals surface area contributed by atoms with E-state index in [9.17, 15) is 26.3 Å². The fourth-order valence-electron chi connectivity index (χ4n) is 2.49. The second kappa shape index (κ2) is 6.16. The lowest BCUT2D eigenvalue weighted by Gasteiger charge is -2.12. The molecule has 27 heavy (non-hydrogen) atoms. The third kappa shape index (κ3) is 3.27. The average molecular weight is 429 g/mol. The van der Waals surface area contributed by atoms with E-state index in [1.807, 2.05) is 0 Å². The molecule has 0 saturated carbocycles. The van der Waals surface area contributed by atoms with Gasteiger partial charge in [-0.25, -0.2) is 9.67 Å². The Bertz CT molecular complexity index is 1060. The largest absolute Gasteiger partial charge is 0.433 e. The number of rotatable bonds is 1. The lowest BCUT2D eigenvalue weighted by molar-refractivity contribution is -0.144. The number of hydrogen-bond donors (Lipinski definition) is 1. The number of alkyl halides is 6. The summed E-state index contributed by atoms with van der Waals surface area (Å²) >= 11 is 12.2. The van der Waals surface area contributed by atoms with Gasteiger partial charge in [0.2, 0.25) is 0 Å². The Kier molecular flexibility index (Phi) is 4.47. The number of aryl methyl sites for hydroxylation is 1. The highest BCUT2D eigenvalue weighted by Crippen LogP contribution is 2.42. The molecule has 0 aliphatic rings. The number of fused-ring (bicyclic) bond motifs is 1. The molecule has 2 aromatic heterocycles. The van der Waals surface area contributed by atoms with Gasteiger partial charge in [0.25, 0.3) is 0 Å². The Labute approximate surface area is 157 Å². The van der Waals surface area contributed by atoms with Crippen molar-refractivity contribution in [2.45, 2.75) is 19.3 Å². The average Bonchev–Trinajstić information content (AvgIpc) is 2.86. The summed E-state index contributed by atoms with van der Waals surface area (Å²) < 4.78 is 79.7. The second-order valence-corrected chi connectivity index (χ2v) is 6.36. The van der Waals surface area contributed by atoms with Crippen LogP contribution in [-0.2, 0) is 12.4 Å². The van der Waals surface area contributed by atoms with Crippen molar-refractivity contribution in [3.63, 3.8) is 0 Å². The summed E-state index contributed by atoms with van der Waals surface area (Å²) in [7, 11) is 0. The van der Waals surface area contributed by atoms with Crippen LogP contribution in [0.2, 0.25) is 10.0 Å². The maximum atomic E-state index is 13.4. The van der Waals surface area contributed by atoms with Crippen LogP contribution >= 0.6 is 23.2 Å². The molecule has 0 spiro atoms. The van der Waals surface area contributed by atoms with E-state index in [-0.39, 0.29) is 21.8 Å². The molecular weight excluding hydrogens is 421 g/mol. The minimum atomic E-state index is -5.12. The van der Waals surface area contributed by atoms with Crippen LogP contribution in [-0.4, -0.2) is 14.8 Å². The minimum Gasteiger partial charge on any atom is -0.383 e. The molecule has 0 atom stereocenters. The normalized spacial score (nSPS) is 12.8. The number of anilines is 1. The molecular formula is C15H8Cl2F6N4. The molecule has 2 heterocycles. The third-order valence-electron chi connectivity index (χ3n) is 3.75. The molecule has 2 N–H and O–H groups in total. The van der Waals surface area contributed by atoms with Gasteiger partial charge in [0.15, 0.2) is 5.65 Å². The zero-order valence-electron chi connectivity index (χ0n) is 13.2. The highest BCUT2D eigenvalue weighted by Gasteiger charge is 2.41. The van der Waals surface area contributed by atoms with Crippen LogP contribution in [0, 0.1) is 6.92 Å². The summed E-state index contributed by atoms with van der Waals surface area (Å²) in [5, 5.41) is 2.96. The highest BCUT2D eigenvalue weighted by molar-refractivity contribution is 6.38. The van der Waals surface area contributed by atoms with Gasteiger partial charge >= 0.3 is 12.4 Å². The van der Waals surface area contributed by atoms with Crippen molar-refractivity contribution in [3.8, 4) is 5.69 Å². The molecule has 0 amide bonds. The minimum absolute atomic E-state index is 0.00490. The molecule has 3 aromatic rings. The van der Waals surface area contributed by atoms with E-state index in [1.165, 1.54) is 6.07 Å². The molecule has 144 valence electrons. The van der Waals surface area contributed by atoms with Crippen LogP contribution in [0.3, 0.4) is 0 Å². The smallest absolute Gasteiger partial charge is 0.383 e. The Balaban J connectivity index is 2.44. The molecule has 0 radical (unpaired) electrons. The second-order valence-electron chi connectivity index (χ2n) is 5.57. The molecule has 0 aliphatic heterocycles. The monoisotopic (exact) mass is 428 g/mol. The maximum Gasteiger partial charge on any atom is 0.433 e. The van der Waals surface area contributed by atoms with Crippen LogP contribution in [0.25, 0.3) is 16.7 Å². The van der Waals surface area contributed by atoms with Gasteiger partial charge in [-0.15, -0.1) is 5.10 Å². The number of hydrogen-bond acceptors (Lipinski definition) is 3. The van der Waals surface area contributed by atoms with Gasteiger partial charge in [0, 0.05) is 0 Å². The SMILES string of the molecule is Cc1ccc(Cl)c(-n2nc3nc(C(F)(F)F)cc(C(F)(F)F)c3c2N)c1Cl. The number of benzene rings is 1. The Morgan fingerprint density at radius 1 is 1.04 bits per heavy atom. The number of halogens is 8. The summed E-state index contributed by atoms with van der Waals surface area (Å²) in [4.78, 5) is 3.19. The van der Waals surface area contributed by atoms with Crippen molar-refractivity contribution >= 4 is 40.1 Å². The van der Waals surface area contributed by atoms with E-state index in [4.69, 9.17) is 28.9 Å². The first-order valence-corrected chi connectivity index (χ1v) is 7.86. The van der Waals surface area contributed by atoms with Crippen LogP contribution in [0.15, 0.2) is 18.2 Å². The van der Waals surface area contributed by atoms with Crippen molar-refractivity contribution < 1.29 is 26.3 Å². The van der Waals surface area contributed by atoms with Gasteiger partial charge in [-0.2, -0.15) is 26.3 Å². The van der Waals surface area contributed by atoms with Gasteiger partial charge in [0.05, 0.1) is 21.0 Å². The quantitative estimate of drug-likeness (QED) is 0.509. The zero-order chi connectivity index (χ0) is 20.3. The molecule has 0 fully saturated rings. The Morgan fingerprint density at radius 2 is 1.67 bits per heavy atom. The molecule has 12 heteroatoms.